The lowest BCUT2D eigenvalue weighted by molar-refractivity contribution is 0.166. The Balaban J connectivity index is 2.04. The Morgan fingerprint density at radius 2 is 2.33 bits per heavy atom. The van der Waals surface area contributed by atoms with Crippen molar-refractivity contribution in [3.05, 3.63) is 24.0 Å². The summed E-state index contributed by atoms with van der Waals surface area (Å²) in [5, 5.41) is 11.8. The summed E-state index contributed by atoms with van der Waals surface area (Å²) >= 11 is 0. The number of carbonyl (C=O) groups is 1. The third kappa shape index (κ3) is 3.85. The van der Waals surface area contributed by atoms with Gasteiger partial charge in [-0.15, -0.1) is 0 Å². The molecule has 0 bridgehead atoms. The summed E-state index contributed by atoms with van der Waals surface area (Å²) in [6.07, 6.45) is 1.58. The number of nitrogens with one attached hydrogen (secondary N) is 1. The van der Waals surface area contributed by atoms with Crippen LogP contribution in [0.3, 0.4) is 0 Å². The van der Waals surface area contributed by atoms with Gasteiger partial charge in [0.15, 0.2) is 0 Å². The molecule has 1 saturated heterocycles. The predicted molar refractivity (Wildman–Crippen MR) is 78.0 cm³/mol. The van der Waals surface area contributed by atoms with Crippen LogP contribution in [-0.4, -0.2) is 41.3 Å². The van der Waals surface area contributed by atoms with Crippen LogP contribution in [0, 0.1) is 5.82 Å². The molecule has 0 unspecified atom stereocenters. The Labute approximate surface area is 123 Å². The van der Waals surface area contributed by atoms with Crippen LogP contribution in [0.15, 0.2) is 18.2 Å². The molecule has 1 aliphatic heterocycles. The summed E-state index contributed by atoms with van der Waals surface area (Å²) in [6.45, 7) is 4.22. The van der Waals surface area contributed by atoms with Gasteiger partial charge in [-0.3, -0.25) is 0 Å². The molecule has 2 rings (SSSR count). The fourth-order valence-electron chi connectivity index (χ4n) is 2.42. The number of rotatable bonds is 4. The molecule has 2 amide bonds. The molecule has 2 N–H and O–H groups in total. The van der Waals surface area contributed by atoms with E-state index in [-0.39, 0.29) is 30.5 Å². The summed E-state index contributed by atoms with van der Waals surface area (Å²) in [7, 11) is 0. The van der Waals surface area contributed by atoms with Gasteiger partial charge in [-0.1, -0.05) is 0 Å². The Morgan fingerprint density at radius 3 is 2.95 bits per heavy atom. The minimum Gasteiger partial charge on any atom is -0.491 e. The Hall–Kier alpha value is -1.82. The number of halogens is 1. The zero-order chi connectivity index (χ0) is 15.4. The van der Waals surface area contributed by atoms with Crippen LogP contribution >= 0.6 is 0 Å². The second kappa shape index (κ2) is 6.76. The Kier molecular flexibility index (Phi) is 5.01. The van der Waals surface area contributed by atoms with Crippen molar-refractivity contribution in [3.8, 4) is 5.75 Å². The first-order valence-electron chi connectivity index (χ1n) is 7.16. The number of hydrogen-bond donors (Lipinski definition) is 2. The van der Waals surface area contributed by atoms with E-state index in [0.29, 0.717) is 12.3 Å². The zero-order valence-corrected chi connectivity index (χ0v) is 12.3. The molecule has 1 fully saturated rings. The van der Waals surface area contributed by atoms with E-state index in [4.69, 9.17) is 4.74 Å². The second-order valence-electron chi connectivity index (χ2n) is 5.41. The molecule has 1 atom stereocenters. The first kappa shape index (κ1) is 15.6. The van der Waals surface area contributed by atoms with E-state index < -0.39 is 5.82 Å². The maximum Gasteiger partial charge on any atom is 0.322 e. The summed E-state index contributed by atoms with van der Waals surface area (Å²) in [5.74, 6) is -0.115. The highest BCUT2D eigenvalue weighted by Gasteiger charge is 2.28. The molecule has 1 aliphatic rings. The van der Waals surface area contributed by atoms with Crippen LogP contribution in [0.5, 0.6) is 5.75 Å². The number of benzene rings is 1. The van der Waals surface area contributed by atoms with Crippen molar-refractivity contribution in [2.24, 2.45) is 0 Å². The van der Waals surface area contributed by atoms with Gasteiger partial charge in [-0.05, 0) is 38.8 Å². The van der Waals surface area contributed by atoms with Gasteiger partial charge in [0.1, 0.15) is 11.6 Å². The van der Waals surface area contributed by atoms with Crippen LogP contribution in [0.2, 0.25) is 0 Å². The fraction of sp³-hybridized carbons (Fsp3) is 0.533. The number of carbonyl (C=O) groups excluding carboxylic acids is 1. The van der Waals surface area contributed by atoms with E-state index in [1.807, 2.05) is 13.8 Å². The lowest BCUT2D eigenvalue weighted by atomic mass is 10.2. The number of aliphatic hydroxyl groups is 1. The molecule has 1 aromatic carbocycles. The van der Waals surface area contributed by atoms with Crippen molar-refractivity contribution in [1.82, 2.24) is 4.90 Å². The molecular formula is C15H21FN2O3. The quantitative estimate of drug-likeness (QED) is 0.897. The number of aliphatic hydroxyl groups excluding tert-OH is 1. The number of ether oxygens (including phenoxy) is 1. The van der Waals surface area contributed by atoms with Crippen LogP contribution < -0.4 is 10.1 Å². The highest BCUT2D eigenvalue weighted by Crippen LogP contribution is 2.23. The predicted octanol–water partition coefficient (Wildman–Crippen LogP) is 2.60. The van der Waals surface area contributed by atoms with Crippen LogP contribution in [0.1, 0.15) is 26.7 Å². The van der Waals surface area contributed by atoms with Crippen molar-refractivity contribution in [1.29, 1.82) is 0 Å². The summed E-state index contributed by atoms with van der Waals surface area (Å²) in [6, 6.07) is 3.78. The molecule has 0 radical (unpaired) electrons. The average Bonchev–Trinajstić information content (AvgIpc) is 2.89. The van der Waals surface area contributed by atoms with Gasteiger partial charge < -0.3 is 20.1 Å². The number of nitrogens with zero attached hydrogens (tertiary/aromatic N) is 1. The molecule has 6 heteroatoms. The molecule has 0 aromatic heterocycles. The summed E-state index contributed by atoms with van der Waals surface area (Å²) < 4.78 is 19.4. The minimum absolute atomic E-state index is 0.0419. The van der Waals surface area contributed by atoms with Gasteiger partial charge in [0.2, 0.25) is 0 Å². The molecule has 1 heterocycles. The fourth-order valence-corrected chi connectivity index (χ4v) is 2.42. The lowest BCUT2D eigenvalue weighted by Gasteiger charge is -2.23. The third-order valence-corrected chi connectivity index (χ3v) is 3.40. The molecule has 0 spiro atoms. The first-order valence-corrected chi connectivity index (χ1v) is 7.16. The van der Waals surface area contributed by atoms with Gasteiger partial charge in [-0.2, -0.15) is 0 Å². The highest BCUT2D eigenvalue weighted by atomic mass is 19.1. The van der Waals surface area contributed by atoms with Gasteiger partial charge in [0.05, 0.1) is 24.4 Å². The minimum atomic E-state index is -0.541. The maximum atomic E-state index is 14.0. The molecule has 0 saturated carbocycles. The number of anilines is 1. The topological polar surface area (TPSA) is 61.8 Å². The van der Waals surface area contributed by atoms with Gasteiger partial charge >= 0.3 is 6.03 Å². The Morgan fingerprint density at radius 1 is 1.57 bits per heavy atom. The Bertz CT molecular complexity index is 508. The van der Waals surface area contributed by atoms with E-state index in [2.05, 4.69) is 5.32 Å². The van der Waals surface area contributed by atoms with E-state index in [1.165, 1.54) is 17.0 Å². The van der Waals surface area contributed by atoms with Crippen molar-refractivity contribution >= 4 is 11.7 Å². The lowest BCUT2D eigenvalue weighted by Crippen LogP contribution is -2.40. The molecule has 21 heavy (non-hydrogen) atoms. The zero-order valence-electron chi connectivity index (χ0n) is 12.3. The number of urea groups is 1. The number of likely N-dealkylation sites (tertiary alicyclic amines) is 1. The smallest absolute Gasteiger partial charge is 0.322 e. The van der Waals surface area contributed by atoms with Gasteiger partial charge in [0, 0.05) is 12.6 Å². The molecule has 116 valence electrons. The highest BCUT2D eigenvalue weighted by molar-refractivity contribution is 5.90. The number of amides is 2. The van der Waals surface area contributed by atoms with Crippen LogP contribution in [0.4, 0.5) is 14.9 Å². The molecule has 0 aliphatic carbocycles. The molecule has 1 aromatic rings. The van der Waals surface area contributed by atoms with Crippen LogP contribution in [0.25, 0.3) is 0 Å². The molecule has 5 nitrogen and oxygen atoms in total. The van der Waals surface area contributed by atoms with E-state index in [0.717, 1.165) is 12.8 Å². The number of hydrogen-bond acceptors (Lipinski definition) is 3. The third-order valence-electron chi connectivity index (χ3n) is 3.40. The van der Waals surface area contributed by atoms with E-state index in [9.17, 15) is 14.3 Å². The van der Waals surface area contributed by atoms with Crippen molar-refractivity contribution < 1.29 is 19.0 Å². The summed E-state index contributed by atoms with van der Waals surface area (Å²) in [4.78, 5) is 13.6. The second-order valence-corrected chi connectivity index (χ2v) is 5.41. The van der Waals surface area contributed by atoms with Crippen LogP contribution in [-0.2, 0) is 0 Å². The molecular weight excluding hydrogens is 275 g/mol. The van der Waals surface area contributed by atoms with Crippen molar-refractivity contribution in [2.75, 3.05) is 18.5 Å². The summed E-state index contributed by atoms with van der Waals surface area (Å²) in [5.41, 5.74) is 0.111. The standard InChI is InChI=1S/C15H21FN2O3/c1-10(2)21-12-5-6-14(13(16)8-12)17-15(20)18-7-3-4-11(18)9-19/h5-6,8,10-11,19H,3-4,7,9H2,1-2H3,(H,17,20)/t11-/m0/s1. The van der Waals surface area contributed by atoms with Gasteiger partial charge in [0.25, 0.3) is 0 Å². The first-order chi connectivity index (χ1) is 10.0. The van der Waals surface area contributed by atoms with E-state index >= 15 is 0 Å². The van der Waals surface area contributed by atoms with E-state index in [1.54, 1.807) is 6.07 Å². The van der Waals surface area contributed by atoms with Crippen molar-refractivity contribution in [3.63, 3.8) is 0 Å². The maximum absolute atomic E-state index is 14.0. The average molecular weight is 296 g/mol. The SMILES string of the molecule is CC(C)Oc1ccc(NC(=O)N2CCC[C@H]2CO)c(F)c1. The largest absolute Gasteiger partial charge is 0.491 e. The van der Waals surface area contributed by atoms with Gasteiger partial charge in [-0.25, -0.2) is 9.18 Å². The normalized spacial score (nSPS) is 18.1. The van der Waals surface area contributed by atoms with Crippen molar-refractivity contribution in [2.45, 2.75) is 38.8 Å². The monoisotopic (exact) mass is 296 g/mol.